The molecule has 4 atom stereocenters. The Balaban J connectivity index is 1.22. The Kier molecular flexibility index (Phi) is 6.50. The Morgan fingerprint density at radius 1 is 0.971 bits per heavy atom. The maximum Gasteiger partial charge on any atom is 0.407 e. The molecule has 7 heteroatoms. The zero-order valence-corrected chi connectivity index (χ0v) is 20.0. The topological polar surface area (TPSA) is 95.9 Å². The van der Waals surface area contributed by atoms with Gasteiger partial charge in [0.2, 0.25) is 5.91 Å². The van der Waals surface area contributed by atoms with Gasteiger partial charge < -0.3 is 20.1 Å². The molecule has 2 amide bonds. The first-order valence-corrected chi connectivity index (χ1v) is 12.6. The first-order valence-electron chi connectivity index (χ1n) is 12.6. The van der Waals surface area contributed by atoms with E-state index in [1.54, 1.807) is 4.90 Å². The molecule has 2 aliphatic carbocycles. The minimum Gasteiger partial charge on any atom is -0.481 e. The van der Waals surface area contributed by atoms with Crippen molar-refractivity contribution in [3.05, 3.63) is 59.7 Å². The molecule has 2 aromatic carbocycles. The summed E-state index contributed by atoms with van der Waals surface area (Å²) in [6.45, 7) is 2.62. The third-order valence-electron chi connectivity index (χ3n) is 8.04. The zero-order chi connectivity index (χ0) is 24.5. The fourth-order valence-corrected chi connectivity index (χ4v) is 6.35. The van der Waals surface area contributed by atoms with Crippen LogP contribution in [-0.2, 0) is 14.3 Å². The number of aliphatic carboxylic acids is 1. The lowest BCUT2D eigenvalue weighted by Crippen LogP contribution is -2.48. The summed E-state index contributed by atoms with van der Waals surface area (Å²) in [5, 5.41) is 12.5. The van der Waals surface area contributed by atoms with Crippen molar-refractivity contribution < 1.29 is 24.2 Å². The number of fused-ring (bicyclic) bond motifs is 3. The van der Waals surface area contributed by atoms with Crippen LogP contribution in [0.25, 0.3) is 11.1 Å². The van der Waals surface area contributed by atoms with Crippen molar-refractivity contribution >= 4 is 18.0 Å². The normalized spacial score (nSPS) is 25.2. The SMILES string of the molecule is CCC1C(C(=O)O)CCN1C(=O)C1CCCC1NC(=O)OCC1c2ccccc2-c2ccccc21. The summed E-state index contributed by atoms with van der Waals surface area (Å²) in [5.41, 5.74) is 4.66. The van der Waals surface area contributed by atoms with Crippen LogP contribution in [0.2, 0.25) is 0 Å². The largest absolute Gasteiger partial charge is 0.481 e. The van der Waals surface area contributed by atoms with Crippen molar-refractivity contribution in [2.24, 2.45) is 11.8 Å². The van der Waals surface area contributed by atoms with Crippen LogP contribution in [0.1, 0.15) is 56.1 Å². The van der Waals surface area contributed by atoms with Crippen LogP contribution in [0.5, 0.6) is 0 Å². The number of amides is 2. The molecule has 0 bridgehead atoms. The van der Waals surface area contributed by atoms with E-state index in [2.05, 4.69) is 29.6 Å². The molecule has 0 radical (unpaired) electrons. The average Bonchev–Trinajstić information content (AvgIpc) is 3.58. The van der Waals surface area contributed by atoms with Gasteiger partial charge in [0.1, 0.15) is 6.61 Å². The van der Waals surface area contributed by atoms with Crippen molar-refractivity contribution in [3.8, 4) is 11.1 Å². The lowest BCUT2D eigenvalue weighted by molar-refractivity contribution is -0.144. The van der Waals surface area contributed by atoms with E-state index in [0.29, 0.717) is 32.2 Å². The number of alkyl carbamates (subject to hydrolysis) is 1. The Bertz CT molecular complexity index is 1090. The fourth-order valence-electron chi connectivity index (χ4n) is 6.35. The molecule has 2 fully saturated rings. The molecule has 35 heavy (non-hydrogen) atoms. The van der Waals surface area contributed by atoms with Crippen molar-refractivity contribution in [1.82, 2.24) is 10.2 Å². The minimum atomic E-state index is -0.841. The smallest absolute Gasteiger partial charge is 0.407 e. The maximum absolute atomic E-state index is 13.4. The molecule has 1 heterocycles. The molecular weight excluding hydrogens is 444 g/mol. The highest BCUT2D eigenvalue weighted by Crippen LogP contribution is 2.44. The van der Waals surface area contributed by atoms with Gasteiger partial charge in [-0.2, -0.15) is 0 Å². The summed E-state index contributed by atoms with van der Waals surface area (Å²) in [7, 11) is 0. The van der Waals surface area contributed by atoms with Gasteiger partial charge in [0.25, 0.3) is 0 Å². The Morgan fingerprint density at radius 3 is 2.26 bits per heavy atom. The number of likely N-dealkylation sites (tertiary alicyclic amines) is 1. The van der Waals surface area contributed by atoms with Crippen molar-refractivity contribution in [2.75, 3.05) is 13.2 Å². The number of nitrogens with one attached hydrogen (secondary N) is 1. The van der Waals surface area contributed by atoms with Gasteiger partial charge in [-0.05, 0) is 47.9 Å². The van der Waals surface area contributed by atoms with Gasteiger partial charge >= 0.3 is 12.1 Å². The van der Waals surface area contributed by atoms with Gasteiger partial charge in [-0.1, -0.05) is 61.9 Å². The number of rotatable bonds is 6. The van der Waals surface area contributed by atoms with E-state index in [1.165, 1.54) is 11.1 Å². The molecule has 7 nitrogen and oxygen atoms in total. The minimum absolute atomic E-state index is 0.0166. The van der Waals surface area contributed by atoms with Crippen molar-refractivity contribution in [1.29, 1.82) is 0 Å². The molecule has 0 spiro atoms. The van der Waals surface area contributed by atoms with Crippen LogP contribution < -0.4 is 5.32 Å². The first-order chi connectivity index (χ1) is 17.0. The highest BCUT2D eigenvalue weighted by Gasteiger charge is 2.44. The van der Waals surface area contributed by atoms with Crippen LogP contribution in [0.3, 0.4) is 0 Å². The van der Waals surface area contributed by atoms with E-state index < -0.39 is 18.0 Å². The molecule has 184 valence electrons. The quantitative estimate of drug-likeness (QED) is 0.644. The molecule has 2 aromatic rings. The summed E-state index contributed by atoms with van der Waals surface area (Å²) in [4.78, 5) is 39.5. The Morgan fingerprint density at radius 2 is 1.63 bits per heavy atom. The van der Waals surface area contributed by atoms with Gasteiger partial charge in [-0.3, -0.25) is 9.59 Å². The third-order valence-corrected chi connectivity index (χ3v) is 8.04. The molecular formula is C28H32N2O5. The second-order valence-corrected chi connectivity index (χ2v) is 9.85. The summed E-state index contributed by atoms with van der Waals surface area (Å²) in [6, 6.07) is 15.8. The maximum atomic E-state index is 13.4. The van der Waals surface area contributed by atoms with Gasteiger partial charge in [0, 0.05) is 24.5 Å². The van der Waals surface area contributed by atoms with Crippen molar-refractivity contribution in [2.45, 2.75) is 57.0 Å². The summed E-state index contributed by atoms with van der Waals surface area (Å²) in [5.74, 6) is -1.75. The number of benzene rings is 2. The van der Waals surface area contributed by atoms with Gasteiger partial charge in [0.05, 0.1) is 11.8 Å². The lowest BCUT2D eigenvalue weighted by Gasteiger charge is -2.30. The zero-order valence-electron chi connectivity index (χ0n) is 20.0. The molecule has 1 aliphatic heterocycles. The Hall–Kier alpha value is -3.35. The monoisotopic (exact) mass is 476 g/mol. The predicted molar refractivity (Wildman–Crippen MR) is 131 cm³/mol. The van der Waals surface area contributed by atoms with Crippen molar-refractivity contribution in [3.63, 3.8) is 0 Å². The number of hydrogen-bond donors (Lipinski definition) is 2. The second-order valence-electron chi connectivity index (χ2n) is 9.85. The standard InChI is InChI=1S/C28H32N2O5/c1-2-25-22(27(32)33)14-15-30(25)26(31)21-12-7-13-24(21)29-28(34)35-16-23-19-10-5-3-8-17(19)18-9-4-6-11-20(18)23/h3-6,8-11,21-25H,2,7,12-16H2,1H3,(H,29,34)(H,32,33). The van der Waals surface area contributed by atoms with Crippen LogP contribution in [0.4, 0.5) is 4.79 Å². The van der Waals surface area contributed by atoms with Crippen LogP contribution >= 0.6 is 0 Å². The molecule has 5 rings (SSSR count). The lowest BCUT2D eigenvalue weighted by atomic mass is 9.96. The Labute approximate surface area is 205 Å². The second kappa shape index (κ2) is 9.72. The van der Waals surface area contributed by atoms with E-state index in [0.717, 1.165) is 17.5 Å². The number of carbonyl (C=O) groups excluding carboxylic acids is 2. The number of hydrogen-bond acceptors (Lipinski definition) is 4. The fraction of sp³-hybridized carbons (Fsp3) is 0.464. The van der Waals surface area contributed by atoms with E-state index in [9.17, 15) is 19.5 Å². The highest BCUT2D eigenvalue weighted by molar-refractivity contribution is 5.83. The number of carboxylic acids is 1. The van der Waals surface area contributed by atoms with Crippen LogP contribution in [-0.4, -0.2) is 53.2 Å². The summed E-state index contributed by atoms with van der Waals surface area (Å²) >= 11 is 0. The third kappa shape index (κ3) is 4.28. The van der Waals surface area contributed by atoms with E-state index in [4.69, 9.17) is 4.74 Å². The van der Waals surface area contributed by atoms with Crippen LogP contribution in [0, 0.1) is 11.8 Å². The van der Waals surface area contributed by atoms with E-state index in [1.807, 2.05) is 31.2 Å². The molecule has 2 N–H and O–H groups in total. The summed E-state index contributed by atoms with van der Waals surface area (Å²) in [6.07, 6.45) is 2.84. The number of ether oxygens (including phenoxy) is 1. The van der Waals surface area contributed by atoms with Crippen LogP contribution in [0.15, 0.2) is 48.5 Å². The van der Waals surface area contributed by atoms with Gasteiger partial charge in [0.15, 0.2) is 0 Å². The van der Waals surface area contributed by atoms with E-state index >= 15 is 0 Å². The molecule has 3 aliphatic rings. The predicted octanol–water partition coefficient (Wildman–Crippen LogP) is 4.41. The number of nitrogens with zero attached hydrogens (tertiary/aromatic N) is 1. The first kappa shape index (κ1) is 23.4. The number of carbonyl (C=O) groups is 3. The highest BCUT2D eigenvalue weighted by atomic mass is 16.5. The molecule has 1 saturated heterocycles. The average molecular weight is 477 g/mol. The molecule has 4 unspecified atom stereocenters. The van der Waals surface area contributed by atoms with Gasteiger partial charge in [-0.25, -0.2) is 4.79 Å². The molecule has 0 aromatic heterocycles. The molecule has 1 saturated carbocycles. The van der Waals surface area contributed by atoms with Gasteiger partial charge in [-0.15, -0.1) is 0 Å². The number of carboxylic acid groups (broad SMARTS) is 1. The summed E-state index contributed by atoms with van der Waals surface area (Å²) < 4.78 is 5.69. The van der Waals surface area contributed by atoms with E-state index in [-0.39, 0.29) is 36.4 Å².